The minimum Gasteiger partial charge on any atom is -0.481 e. The predicted molar refractivity (Wildman–Crippen MR) is 72.7 cm³/mol. The van der Waals surface area contributed by atoms with E-state index in [0.717, 1.165) is 17.5 Å². The van der Waals surface area contributed by atoms with E-state index in [1.807, 2.05) is 24.3 Å². The van der Waals surface area contributed by atoms with E-state index in [0.29, 0.717) is 13.0 Å². The average molecular weight is 262 g/mol. The Bertz CT molecular complexity index is 446. The second kappa shape index (κ2) is 8.08. The highest BCUT2D eigenvalue weighted by atomic mass is 16.5. The van der Waals surface area contributed by atoms with Crippen LogP contribution in [0.3, 0.4) is 0 Å². The largest absolute Gasteiger partial charge is 0.481 e. The molecule has 0 spiro atoms. The highest BCUT2D eigenvalue weighted by molar-refractivity contribution is 5.87. The Hall–Kier alpha value is -2.10. The first-order chi connectivity index (χ1) is 9.11. The SMILES string of the molecule is CCOC(=O)C=Cc1ccc(CCCC(=O)O)cc1. The van der Waals surface area contributed by atoms with Gasteiger partial charge in [0.25, 0.3) is 0 Å². The summed E-state index contributed by atoms with van der Waals surface area (Å²) in [5, 5.41) is 8.55. The van der Waals surface area contributed by atoms with Gasteiger partial charge in [-0.1, -0.05) is 24.3 Å². The third-order valence-electron chi connectivity index (χ3n) is 2.53. The molecule has 0 aliphatic rings. The number of carboxylic acids is 1. The maximum Gasteiger partial charge on any atom is 0.330 e. The zero-order valence-electron chi connectivity index (χ0n) is 11.0. The number of aryl methyl sites for hydroxylation is 1. The van der Waals surface area contributed by atoms with Crippen molar-refractivity contribution >= 4 is 18.0 Å². The van der Waals surface area contributed by atoms with E-state index in [4.69, 9.17) is 9.84 Å². The molecule has 0 saturated carbocycles. The van der Waals surface area contributed by atoms with Crippen molar-refractivity contribution in [1.82, 2.24) is 0 Å². The Morgan fingerprint density at radius 1 is 1.26 bits per heavy atom. The minimum absolute atomic E-state index is 0.185. The second-order valence-electron chi connectivity index (χ2n) is 4.07. The molecule has 4 heteroatoms. The maximum atomic E-state index is 11.1. The number of carbonyl (C=O) groups excluding carboxylic acids is 1. The molecular weight excluding hydrogens is 244 g/mol. The van der Waals surface area contributed by atoms with Crippen LogP contribution >= 0.6 is 0 Å². The van der Waals surface area contributed by atoms with Crippen molar-refractivity contribution in [3.05, 3.63) is 41.5 Å². The normalized spacial score (nSPS) is 10.6. The highest BCUT2D eigenvalue weighted by Crippen LogP contribution is 2.09. The number of hydrogen-bond acceptors (Lipinski definition) is 3. The lowest BCUT2D eigenvalue weighted by molar-refractivity contribution is -0.138. The monoisotopic (exact) mass is 262 g/mol. The Labute approximate surface area is 112 Å². The topological polar surface area (TPSA) is 63.6 Å². The molecule has 0 atom stereocenters. The first kappa shape index (κ1) is 15.0. The maximum absolute atomic E-state index is 11.1. The molecule has 0 fully saturated rings. The Morgan fingerprint density at radius 3 is 2.53 bits per heavy atom. The van der Waals surface area contributed by atoms with Gasteiger partial charge in [-0.05, 0) is 37.0 Å². The van der Waals surface area contributed by atoms with E-state index in [-0.39, 0.29) is 12.4 Å². The summed E-state index contributed by atoms with van der Waals surface area (Å²) in [4.78, 5) is 21.5. The Kier molecular flexibility index (Phi) is 6.36. The van der Waals surface area contributed by atoms with Crippen LogP contribution in [0.1, 0.15) is 30.9 Å². The number of carbonyl (C=O) groups is 2. The summed E-state index contributed by atoms with van der Waals surface area (Å²) in [6, 6.07) is 7.66. The van der Waals surface area contributed by atoms with E-state index in [2.05, 4.69) is 0 Å². The third kappa shape index (κ3) is 6.41. The summed E-state index contributed by atoms with van der Waals surface area (Å²) >= 11 is 0. The fourth-order valence-electron chi connectivity index (χ4n) is 1.59. The Morgan fingerprint density at radius 2 is 1.95 bits per heavy atom. The van der Waals surface area contributed by atoms with Crippen molar-refractivity contribution in [3.63, 3.8) is 0 Å². The zero-order chi connectivity index (χ0) is 14.1. The van der Waals surface area contributed by atoms with E-state index in [9.17, 15) is 9.59 Å². The fourth-order valence-corrected chi connectivity index (χ4v) is 1.59. The van der Waals surface area contributed by atoms with Crippen LogP contribution in [0.25, 0.3) is 6.08 Å². The molecule has 0 aliphatic carbocycles. The van der Waals surface area contributed by atoms with Gasteiger partial charge in [-0.2, -0.15) is 0 Å². The minimum atomic E-state index is -0.769. The average Bonchev–Trinajstić information content (AvgIpc) is 2.38. The summed E-state index contributed by atoms with van der Waals surface area (Å²) in [5.74, 6) is -1.12. The van der Waals surface area contributed by atoms with Crippen LogP contribution in [0.4, 0.5) is 0 Å². The lowest BCUT2D eigenvalue weighted by Gasteiger charge is -2.00. The van der Waals surface area contributed by atoms with Crippen LogP contribution in [0.2, 0.25) is 0 Å². The first-order valence-corrected chi connectivity index (χ1v) is 6.27. The molecule has 0 heterocycles. The molecule has 0 saturated heterocycles. The molecule has 0 aromatic heterocycles. The van der Waals surface area contributed by atoms with Crippen LogP contribution in [-0.2, 0) is 20.7 Å². The van der Waals surface area contributed by atoms with Crippen LogP contribution < -0.4 is 0 Å². The number of rotatable bonds is 7. The second-order valence-corrected chi connectivity index (χ2v) is 4.07. The summed E-state index contributed by atoms with van der Waals surface area (Å²) in [6.07, 6.45) is 4.65. The summed E-state index contributed by atoms with van der Waals surface area (Å²) in [5.41, 5.74) is 2.00. The van der Waals surface area contributed by atoms with Gasteiger partial charge >= 0.3 is 11.9 Å². The van der Waals surface area contributed by atoms with Gasteiger partial charge in [-0.15, -0.1) is 0 Å². The third-order valence-corrected chi connectivity index (χ3v) is 2.53. The number of hydrogen-bond donors (Lipinski definition) is 1. The molecule has 0 unspecified atom stereocenters. The van der Waals surface area contributed by atoms with Crippen LogP contribution in [0, 0.1) is 0 Å². The number of aliphatic carboxylic acids is 1. The fraction of sp³-hybridized carbons (Fsp3) is 0.333. The van der Waals surface area contributed by atoms with Gasteiger partial charge in [0.2, 0.25) is 0 Å². The number of carboxylic acid groups (broad SMARTS) is 1. The zero-order valence-corrected chi connectivity index (χ0v) is 11.0. The highest BCUT2D eigenvalue weighted by Gasteiger charge is 1.98. The number of esters is 1. The Balaban J connectivity index is 2.47. The van der Waals surface area contributed by atoms with Crippen LogP contribution in [0.5, 0.6) is 0 Å². The van der Waals surface area contributed by atoms with Gasteiger partial charge < -0.3 is 9.84 Å². The molecule has 1 rings (SSSR count). The van der Waals surface area contributed by atoms with Gasteiger partial charge in [0.1, 0.15) is 0 Å². The smallest absolute Gasteiger partial charge is 0.330 e. The molecule has 1 aromatic carbocycles. The molecule has 19 heavy (non-hydrogen) atoms. The van der Waals surface area contributed by atoms with Crippen LogP contribution in [0.15, 0.2) is 30.3 Å². The molecule has 1 N–H and O–H groups in total. The number of benzene rings is 1. The predicted octanol–water partition coefficient (Wildman–Crippen LogP) is 2.67. The molecule has 0 radical (unpaired) electrons. The van der Waals surface area contributed by atoms with Crippen molar-refractivity contribution in [2.75, 3.05) is 6.61 Å². The molecule has 0 amide bonds. The summed E-state index contributed by atoms with van der Waals surface area (Å²) < 4.78 is 4.78. The standard InChI is InChI=1S/C15H18O4/c1-2-19-15(18)11-10-13-8-6-12(7-9-13)4-3-5-14(16)17/h6-11H,2-5H2,1H3,(H,16,17). The molecule has 4 nitrogen and oxygen atoms in total. The molecule has 1 aromatic rings. The lowest BCUT2D eigenvalue weighted by atomic mass is 10.1. The number of ether oxygens (including phenoxy) is 1. The van der Waals surface area contributed by atoms with Gasteiger partial charge in [0.15, 0.2) is 0 Å². The van der Waals surface area contributed by atoms with E-state index >= 15 is 0 Å². The van der Waals surface area contributed by atoms with Crippen molar-refractivity contribution in [2.45, 2.75) is 26.2 Å². The van der Waals surface area contributed by atoms with E-state index in [1.165, 1.54) is 6.08 Å². The van der Waals surface area contributed by atoms with Gasteiger partial charge in [-0.3, -0.25) is 4.79 Å². The van der Waals surface area contributed by atoms with Gasteiger partial charge in [-0.25, -0.2) is 4.79 Å². The summed E-state index contributed by atoms with van der Waals surface area (Å²) in [6.45, 7) is 2.13. The van der Waals surface area contributed by atoms with Gasteiger partial charge in [0, 0.05) is 12.5 Å². The molecule has 102 valence electrons. The van der Waals surface area contributed by atoms with Crippen molar-refractivity contribution in [2.24, 2.45) is 0 Å². The van der Waals surface area contributed by atoms with Crippen LogP contribution in [-0.4, -0.2) is 23.7 Å². The lowest BCUT2D eigenvalue weighted by Crippen LogP contribution is -1.98. The summed E-state index contributed by atoms with van der Waals surface area (Å²) in [7, 11) is 0. The van der Waals surface area contributed by atoms with E-state index in [1.54, 1.807) is 13.0 Å². The van der Waals surface area contributed by atoms with Crippen molar-refractivity contribution < 1.29 is 19.4 Å². The first-order valence-electron chi connectivity index (χ1n) is 6.27. The quantitative estimate of drug-likeness (QED) is 0.606. The van der Waals surface area contributed by atoms with Gasteiger partial charge in [0.05, 0.1) is 6.61 Å². The molecule has 0 aliphatic heterocycles. The van der Waals surface area contributed by atoms with Crippen molar-refractivity contribution in [3.8, 4) is 0 Å². The molecule has 0 bridgehead atoms. The van der Waals surface area contributed by atoms with E-state index < -0.39 is 5.97 Å². The van der Waals surface area contributed by atoms with Crippen molar-refractivity contribution in [1.29, 1.82) is 0 Å². The molecular formula is C15H18O4.